The molecule has 2 heterocycles. The van der Waals surface area contributed by atoms with Crippen LogP contribution in [0.1, 0.15) is 28.9 Å². The lowest BCUT2D eigenvalue weighted by molar-refractivity contribution is 0.0697. The number of aromatic nitrogens is 2. The number of carboxylic acid groups (broad SMARTS) is 1. The van der Waals surface area contributed by atoms with Crippen LogP contribution in [0.4, 0.5) is 5.82 Å². The van der Waals surface area contributed by atoms with Gasteiger partial charge >= 0.3 is 5.97 Å². The van der Waals surface area contributed by atoms with E-state index in [-0.39, 0.29) is 22.6 Å². The highest BCUT2D eigenvalue weighted by Gasteiger charge is 2.15. The second kappa shape index (κ2) is 5.67. The number of carbonyl (C=O) groups is 1. The Bertz CT molecular complexity index is 590. The Labute approximate surface area is 115 Å². The summed E-state index contributed by atoms with van der Waals surface area (Å²) in [5, 5.41) is 12.4. The van der Waals surface area contributed by atoms with Crippen LogP contribution in [-0.2, 0) is 0 Å². The average molecular weight is 278 g/mol. The molecule has 0 saturated heterocycles. The third kappa shape index (κ3) is 3.20. The molecule has 98 valence electrons. The molecule has 2 aromatic rings. The molecule has 0 bridgehead atoms. The first-order valence-electron chi connectivity index (χ1n) is 5.64. The second-order valence-corrected chi connectivity index (χ2v) is 4.37. The lowest BCUT2D eigenvalue weighted by Gasteiger charge is -2.16. The number of hydrogen-bond donors (Lipinski definition) is 2. The van der Waals surface area contributed by atoms with Crippen LogP contribution >= 0.6 is 11.6 Å². The predicted molar refractivity (Wildman–Crippen MR) is 72.5 cm³/mol. The Hall–Kier alpha value is -2.14. The van der Waals surface area contributed by atoms with Crippen LogP contribution in [0.15, 0.2) is 36.7 Å². The molecule has 0 spiro atoms. The van der Waals surface area contributed by atoms with E-state index in [2.05, 4.69) is 15.3 Å². The molecule has 0 aliphatic carbocycles. The van der Waals surface area contributed by atoms with Crippen LogP contribution in [0, 0.1) is 0 Å². The number of nitrogens with one attached hydrogen (secondary N) is 1. The smallest absolute Gasteiger partial charge is 0.339 e. The van der Waals surface area contributed by atoms with Crippen molar-refractivity contribution in [2.75, 3.05) is 5.32 Å². The van der Waals surface area contributed by atoms with Gasteiger partial charge in [0, 0.05) is 12.4 Å². The fourth-order valence-electron chi connectivity index (χ4n) is 1.64. The van der Waals surface area contributed by atoms with Crippen molar-refractivity contribution in [2.45, 2.75) is 13.0 Å². The van der Waals surface area contributed by atoms with Crippen LogP contribution in [0.2, 0.25) is 5.15 Å². The van der Waals surface area contributed by atoms with E-state index in [1.807, 2.05) is 19.1 Å². The topological polar surface area (TPSA) is 75.1 Å². The molecule has 2 rings (SSSR count). The summed E-state index contributed by atoms with van der Waals surface area (Å²) in [4.78, 5) is 19.1. The molecule has 0 radical (unpaired) electrons. The van der Waals surface area contributed by atoms with Gasteiger partial charge in [0.05, 0.1) is 6.04 Å². The van der Waals surface area contributed by atoms with Crippen LogP contribution in [0.25, 0.3) is 0 Å². The molecule has 2 N–H and O–H groups in total. The first-order valence-corrected chi connectivity index (χ1v) is 6.02. The molecular formula is C13H12ClN3O2. The van der Waals surface area contributed by atoms with Gasteiger partial charge in [0.1, 0.15) is 16.5 Å². The van der Waals surface area contributed by atoms with Crippen LogP contribution < -0.4 is 5.32 Å². The maximum absolute atomic E-state index is 11.1. The van der Waals surface area contributed by atoms with Gasteiger partial charge in [-0.2, -0.15) is 0 Å². The first kappa shape index (κ1) is 13.3. The van der Waals surface area contributed by atoms with Crippen molar-refractivity contribution < 1.29 is 9.90 Å². The largest absolute Gasteiger partial charge is 0.478 e. The third-order valence-corrected chi connectivity index (χ3v) is 2.84. The zero-order valence-corrected chi connectivity index (χ0v) is 10.9. The highest BCUT2D eigenvalue weighted by atomic mass is 35.5. The number of pyridine rings is 2. The fraction of sp³-hybridized carbons (Fsp3) is 0.154. The maximum atomic E-state index is 11.1. The van der Waals surface area contributed by atoms with Gasteiger partial charge in [-0.1, -0.05) is 17.7 Å². The highest BCUT2D eigenvalue weighted by Crippen LogP contribution is 2.22. The standard InChI is InChI=1S/C13H12ClN3O2/c1-8(9-3-2-6-15-7-9)16-12-10(13(18)19)4-5-11(14)17-12/h2-8H,1H3,(H,16,17)(H,18,19). The summed E-state index contributed by atoms with van der Waals surface area (Å²) >= 11 is 5.79. The predicted octanol–water partition coefficient (Wildman–Crippen LogP) is 3.00. The van der Waals surface area contributed by atoms with Gasteiger partial charge in [-0.15, -0.1) is 0 Å². The van der Waals surface area contributed by atoms with Crippen LogP contribution in [0.5, 0.6) is 0 Å². The van der Waals surface area contributed by atoms with Crippen LogP contribution in [0.3, 0.4) is 0 Å². The third-order valence-electron chi connectivity index (χ3n) is 2.63. The Balaban J connectivity index is 2.28. The molecule has 1 atom stereocenters. The van der Waals surface area contributed by atoms with Gasteiger partial charge in [-0.3, -0.25) is 4.98 Å². The van der Waals surface area contributed by atoms with Crippen molar-refractivity contribution in [3.8, 4) is 0 Å². The quantitative estimate of drug-likeness (QED) is 0.840. The SMILES string of the molecule is CC(Nc1nc(Cl)ccc1C(=O)O)c1cccnc1. The van der Waals surface area contributed by atoms with Gasteiger partial charge < -0.3 is 10.4 Å². The fourth-order valence-corrected chi connectivity index (χ4v) is 1.79. The average Bonchev–Trinajstić information content (AvgIpc) is 2.39. The number of carboxylic acids is 1. The minimum Gasteiger partial charge on any atom is -0.478 e. The monoisotopic (exact) mass is 277 g/mol. The number of hydrogen-bond acceptors (Lipinski definition) is 4. The Morgan fingerprint density at radius 1 is 1.42 bits per heavy atom. The molecule has 6 heteroatoms. The number of nitrogens with zero attached hydrogens (tertiary/aromatic N) is 2. The number of aromatic carboxylic acids is 1. The zero-order valence-electron chi connectivity index (χ0n) is 10.2. The molecule has 0 fully saturated rings. The Morgan fingerprint density at radius 3 is 2.84 bits per heavy atom. The van der Waals surface area contributed by atoms with E-state index < -0.39 is 5.97 Å². The summed E-state index contributed by atoms with van der Waals surface area (Å²) in [6.45, 7) is 1.89. The molecular weight excluding hydrogens is 266 g/mol. The zero-order chi connectivity index (χ0) is 13.8. The van der Waals surface area contributed by atoms with Crippen molar-refractivity contribution >= 4 is 23.4 Å². The van der Waals surface area contributed by atoms with Crippen molar-refractivity contribution in [1.29, 1.82) is 0 Å². The molecule has 0 aliphatic heterocycles. The second-order valence-electron chi connectivity index (χ2n) is 3.99. The first-order chi connectivity index (χ1) is 9.08. The Kier molecular flexibility index (Phi) is 3.97. The lowest BCUT2D eigenvalue weighted by atomic mass is 10.1. The van der Waals surface area contributed by atoms with E-state index in [0.717, 1.165) is 5.56 Å². The van der Waals surface area contributed by atoms with Gasteiger partial charge in [0.25, 0.3) is 0 Å². The van der Waals surface area contributed by atoms with Crippen LogP contribution in [-0.4, -0.2) is 21.0 Å². The van der Waals surface area contributed by atoms with E-state index in [1.165, 1.54) is 12.1 Å². The Morgan fingerprint density at radius 2 is 2.21 bits per heavy atom. The molecule has 1 unspecified atom stereocenters. The molecule has 19 heavy (non-hydrogen) atoms. The van der Waals surface area contributed by atoms with E-state index >= 15 is 0 Å². The highest BCUT2D eigenvalue weighted by molar-refractivity contribution is 6.29. The van der Waals surface area contributed by atoms with E-state index in [9.17, 15) is 4.79 Å². The molecule has 0 aromatic carbocycles. The van der Waals surface area contributed by atoms with E-state index in [4.69, 9.17) is 16.7 Å². The molecule has 0 saturated carbocycles. The van der Waals surface area contributed by atoms with Gasteiger partial charge in [0.2, 0.25) is 0 Å². The summed E-state index contributed by atoms with van der Waals surface area (Å²) < 4.78 is 0. The molecule has 2 aromatic heterocycles. The minimum absolute atomic E-state index is 0.0835. The van der Waals surface area contributed by atoms with Crippen molar-refractivity contribution in [1.82, 2.24) is 9.97 Å². The van der Waals surface area contributed by atoms with Crippen molar-refractivity contribution in [3.63, 3.8) is 0 Å². The van der Waals surface area contributed by atoms with Crippen molar-refractivity contribution in [2.24, 2.45) is 0 Å². The van der Waals surface area contributed by atoms with Gasteiger partial charge in [0.15, 0.2) is 0 Å². The summed E-state index contributed by atoms with van der Waals surface area (Å²) in [6.07, 6.45) is 3.39. The van der Waals surface area contributed by atoms with Gasteiger partial charge in [-0.25, -0.2) is 9.78 Å². The number of rotatable bonds is 4. The van der Waals surface area contributed by atoms with Gasteiger partial charge in [-0.05, 0) is 30.7 Å². The number of halogens is 1. The minimum atomic E-state index is -1.05. The molecule has 0 aliphatic rings. The van der Waals surface area contributed by atoms with Crippen molar-refractivity contribution in [3.05, 3.63) is 52.9 Å². The maximum Gasteiger partial charge on any atom is 0.339 e. The van der Waals surface area contributed by atoms with E-state index in [0.29, 0.717) is 0 Å². The van der Waals surface area contributed by atoms with E-state index in [1.54, 1.807) is 12.4 Å². The summed E-state index contributed by atoms with van der Waals surface area (Å²) in [7, 11) is 0. The number of anilines is 1. The summed E-state index contributed by atoms with van der Waals surface area (Å²) in [5.41, 5.74) is 1.01. The molecule has 5 nitrogen and oxygen atoms in total. The summed E-state index contributed by atoms with van der Waals surface area (Å²) in [6, 6.07) is 6.46. The lowest BCUT2D eigenvalue weighted by Crippen LogP contribution is -2.12. The molecule has 0 amide bonds. The summed E-state index contributed by atoms with van der Waals surface area (Å²) in [5.74, 6) is -0.804. The normalized spacial score (nSPS) is 11.9.